The first kappa shape index (κ1) is 27.3. The van der Waals surface area contributed by atoms with E-state index in [4.69, 9.17) is 29.7 Å². The Balaban J connectivity index is 1.12. The minimum Gasteiger partial charge on any atom is -0.464 e. The van der Waals surface area contributed by atoms with Crippen LogP contribution in [0.5, 0.6) is 5.75 Å². The maximum Gasteiger partial charge on any atom is 0.196 e. The van der Waals surface area contributed by atoms with Gasteiger partial charge in [-0.3, -0.25) is 9.97 Å². The lowest BCUT2D eigenvalue weighted by atomic mass is 10.1. The molecule has 230 valence electrons. The number of hydrogen-bond donors (Lipinski definition) is 1. The van der Waals surface area contributed by atoms with Gasteiger partial charge in [0.2, 0.25) is 0 Å². The number of benzene rings is 4. The standard InChI is InChI=1S/C40H24N8O/c1-2-8-32-29(7-1)45-40(49-32)28-15-13-27(14-16-28)37-46-38(30-19-17-25-11-9-23-5-3-21-41-33(23)35(25)43-30)48-39(47-37)31-20-18-26-12-10-24-6-4-22-42-34(24)36(26)44-31/h1-22,40,45H. The molecule has 1 aliphatic rings. The van der Waals surface area contributed by atoms with Gasteiger partial charge in [-0.2, -0.15) is 0 Å². The number of para-hydroxylation sites is 2. The molecule has 9 nitrogen and oxygen atoms in total. The summed E-state index contributed by atoms with van der Waals surface area (Å²) in [5.74, 6) is 2.22. The quantitative estimate of drug-likeness (QED) is 0.191. The van der Waals surface area contributed by atoms with Crippen molar-refractivity contribution < 1.29 is 4.74 Å². The largest absolute Gasteiger partial charge is 0.464 e. The number of aromatic nitrogens is 7. The molecule has 9 aromatic rings. The second-order valence-electron chi connectivity index (χ2n) is 11.9. The van der Waals surface area contributed by atoms with Crippen LogP contribution < -0.4 is 10.1 Å². The van der Waals surface area contributed by atoms with Gasteiger partial charge in [-0.05, 0) is 36.4 Å². The summed E-state index contributed by atoms with van der Waals surface area (Å²) in [5.41, 5.74) is 7.23. The fourth-order valence-corrected chi connectivity index (χ4v) is 6.38. The van der Waals surface area contributed by atoms with Crippen LogP contribution in [0.3, 0.4) is 0 Å². The van der Waals surface area contributed by atoms with E-state index >= 15 is 0 Å². The predicted octanol–water partition coefficient (Wildman–Crippen LogP) is 8.57. The third-order valence-electron chi connectivity index (χ3n) is 8.85. The van der Waals surface area contributed by atoms with Gasteiger partial charge in [-0.25, -0.2) is 24.9 Å². The summed E-state index contributed by atoms with van der Waals surface area (Å²) >= 11 is 0. The van der Waals surface area contributed by atoms with Crippen LogP contribution in [0.25, 0.3) is 78.0 Å². The molecular formula is C40H24N8O. The van der Waals surface area contributed by atoms with Gasteiger partial charge in [0, 0.05) is 45.1 Å². The van der Waals surface area contributed by atoms with Crippen molar-refractivity contribution in [2.45, 2.75) is 6.23 Å². The van der Waals surface area contributed by atoms with Crippen molar-refractivity contribution >= 4 is 49.3 Å². The van der Waals surface area contributed by atoms with Gasteiger partial charge in [0.1, 0.15) is 17.1 Å². The van der Waals surface area contributed by atoms with Crippen LogP contribution in [-0.2, 0) is 0 Å². The molecule has 49 heavy (non-hydrogen) atoms. The highest BCUT2D eigenvalue weighted by Gasteiger charge is 2.23. The molecule has 0 saturated carbocycles. The molecule has 9 heteroatoms. The van der Waals surface area contributed by atoms with Gasteiger partial charge in [-0.1, -0.05) is 84.9 Å². The summed E-state index contributed by atoms with van der Waals surface area (Å²) in [6, 6.07) is 40.1. The lowest BCUT2D eigenvalue weighted by Gasteiger charge is -2.13. The van der Waals surface area contributed by atoms with Crippen LogP contribution in [-0.4, -0.2) is 34.9 Å². The summed E-state index contributed by atoms with van der Waals surface area (Å²) in [4.78, 5) is 34.3. The molecular weight excluding hydrogens is 608 g/mol. The van der Waals surface area contributed by atoms with E-state index in [1.807, 2.05) is 97.1 Å². The molecule has 0 bridgehead atoms. The van der Waals surface area contributed by atoms with Crippen molar-refractivity contribution in [3.8, 4) is 40.2 Å². The molecule has 10 rings (SSSR count). The van der Waals surface area contributed by atoms with E-state index < -0.39 is 0 Å². The average Bonchev–Trinajstić information content (AvgIpc) is 3.62. The highest BCUT2D eigenvalue weighted by atomic mass is 16.5. The number of hydrogen-bond acceptors (Lipinski definition) is 9. The van der Waals surface area contributed by atoms with E-state index in [-0.39, 0.29) is 6.23 Å². The van der Waals surface area contributed by atoms with Crippen LogP contribution in [0.1, 0.15) is 11.8 Å². The zero-order valence-electron chi connectivity index (χ0n) is 25.8. The number of nitrogens with zero attached hydrogens (tertiary/aromatic N) is 7. The predicted molar refractivity (Wildman–Crippen MR) is 191 cm³/mol. The van der Waals surface area contributed by atoms with Crippen LogP contribution in [0.15, 0.2) is 134 Å². The van der Waals surface area contributed by atoms with E-state index in [0.717, 1.165) is 66.2 Å². The molecule has 6 heterocycles. The van der Waals surface area contributed by atoms with Gasteiger partial charge in [-0.15, -0.1) is 0 Å². The molecule has 0 radical (unpaired) electrons. The Morgan fingerprint density at radius 2 is 0.980 bits per heavy atom. The Morgan fingerprint density at radius 3 is 1.57 bits per heavy atom. The smallest absolute Gasteiger partial charge is 0.196 e. The highest BCUT2D eigenvalue weighted by molar-refractivity contribution is 6.04. The Bertz CT molecular complexity index is 2590. The summed E-state index contributed by atoms with van der Waals surface area (Å²) in [7, 11) is 0. The summed E-state index contributed by atoms with van der Waals surface area (Å²) < 4.78 is 6.14. The Morgan fingerprint density at radius 1 is 0.449 bits per heavy atom. The van der Waals surface area contributed by atoms with Gasteiger partial charge in [0.25, 0.3) is 0 Å². The lowest BCUT2D eigenvalue weighted by molar-refractivity contribution is 0.260. The molecule has 5 aromatic heterocycles. The van der Waals surface area contributed by atoms with Crippen molar-refractivity contribution in [1.29, 1.82) is 0 Å². The molecule has 0 spiro atoms. The van der Waals surface area contributed by atoms with E-state index in [1.54, 1.807) is 12.4 Å². The fraction of sp³-hybridized carbons (Fsp3) is 0.0250. The first-order chi connectivity index (χ1) is 24.2. The van der Waals surface area contributed by atoms with Crippen LogP contribution in [0, 0.1) is 0 Å². The lowest BCUT2D eigenvalue weighted by Crippen LogP contribution is -2.10. The van der Waals surface area contributed by atoms with Crippen molar-refractivity contribution in [3.05, 3.63) is 139 Å². The Kier molecular flexibility index (Phi) is 6.04. The number of pyridine rings is 4. The maximum atomic E-state index is 6.14. The zero-order chi connectivity index (χ0) is 32.3. The van der Waals surface area contributed by atoms with E-state index in [1.165, 1.54) is 0 Å². The van der Waals surface area contributed by atoms with Crippen molar-refractivity contribution in [3.63, 3.8) is 0 Å². The third-order valence-corrected chi connectivity index (χ3v) is 8.85. The second kappa shape index (κ2) is 10.9. The van der Waals surface area contributed by atoms with Crippen molar-refractivity contribution in [2.75, 3.05) is 5.32 Å². The average molecular weight is 633 g/mol. The second-order valence-corrected chi connectivity index (χ2v) is 11.9. The molecule has 0 fully saturated rings. The van der Waals surface area contributed by atoms with E-state index in [0.29, 0.717) is 28.9 Å². The van der Waals surface area contributed by atoms with Gasteiger partial charge in [0.15, 0.2) is 23.7 Å². The Hall–Kier alpha value is -6.87. The molecule has 0 amide bonds. The molecule has 1 unspecified atom stereocenters. The Labute approximate surface area is 279 Å². The topological polar surface area (TPSA) is 111 Å². The maximum absolute atomic E-state index is 6.14. The number of ether oxygens (including phenoxy) is 1. The van der Waals surface area contributed by atoms with Gasteiger partial charge in [0.05, 0.1) is 27.8 Å². The van der Waals surface area contributed by atoms with Crippen molar-refractivity contribution in [2.24, 2.45) is 0 Å². The number of nitrogens with one attached hydrogen (secondary N) is 1. The first-order valence-corrected chi connectivity index (χ1v) is 15.9. The van der Waals surface area contributed by atoms with Gasteiger partial charge >= 0.3 is 0 Å². The molecule has 1 atom stereocenters. The summed E-state index contributed by atoms with van der Waals surface area (Å²) in [6.07, 6.45) is 3.29. The summed E-state index contributed by atoms with van der Waals surface area (Å²) in [5, 5.41) is 7.44. The number of rotatable bonds is 4. The van der Waals surface area contributed by atoms with E-state index in [9.17, 15) is 0 Å². The minimum atomic E-state index is -0.286. The first-order valence-electron chi connectivity index (χ1n) is 15.9. The van der Waals surface area contributed by atoms with Crippen LogP contribution in [0.2, 0.25) is 0 Å². The molecule has 0 saturated heterocycles. The minimum absolute atomic E-state index is 0.286. The van der Waals surface area contributed by atoms with Crippen LogP contribution >= 0.6 is 0 Å². The monoisotopic (exact) mass is 632 g/mol. The third kappa shape index (κ3) is 4.67. The molecule has 1 N–H and O–H groups in total. The summed E-state index contributed by atoms with van der Waals surface area (Å²) in [6.45, 7) is 0. The zero-order valence-corrected chi connectivity index (χ0v) is 25.8. The number of fused-ring (bicyclic) bond motifs is 7. The fourth-order valence-electron chi connectivity index (χ4n) is 6.38. The van der Waals surface area contributed by atoms with Gasteiger partial charge < -0.3 is 10.1 Å². The highest BCUT2D eigenvalue weighted by Crippen LogP contribution is 2.38. The van der Waals surface area contributed by atoms with E-state index in [2.05, 4.69) is 39.6 Å². The van der Waals surface area contributed by atoms with Crippen LogP contribution in [0.4, 0.5) is 5.69 Å². The molecule has 4 aromatic carbocycles. The number of anilines is 1. The SMILES string of the molecule is c1ccc2c(c1)NC(c1ccc(-c3nc(-c4ccc5ccc6cccnc6c5n4)nc(-c4ccc5ccc6cccnc6c5n4)n3)cc1)O2. The molecule has 0 aliphatic carbocycles. The molecule has 1 aliphatic heterocycles. The normalized spacial score (nSPS) is 13.8. The van der Waals surface area contributed by atoms with Crippen molar-refractivity contribution in [1.82, 2.24) is 34.9 Å².